The van der Waals surface area contributed by atoms with Crippen LogP contribution in [0.2, 0.25) is 5.15 Å². The number of hydrogen-bond donors (Lipinski definition) is 2. The van der Waals surface area contributed by atoms with E-state index in [9.17, 15) is 4.79 Å². The van der Waals surface area contributed by atoms with Gasteiger partial charge in [-0.2, -0.15) is 5.10 Å². The molecule has 110 valence electrons. The molecular weight excluding hydrogens is 290 g/mol. The summed E-state index contributed by atoms with van der Waals surface area (Å²) in [4.78, 5) is 11.9. The summed E-state index contributed by atoms with van der Waals surface area (Å²) in [6, 6.07) is 7.03. The van der Waals surface area contributed by atoms with Crippen LogP contribution >= 0.6 is 11.6 Å². The summed E-state index contributed by atoms with van der Waals surface area (Å²) in [5.74, 6) is -0.274. The lowest BCUT2D eigenvalue weighted by Crippen LogP contribution is -2.07. The highest BCUT2D eigenvalue weighted by Crippen LogP contribution is 2.20. The van der Waals surface area contributed by atoms with Crippen LogP contribution in [0.1, 0.15) is 16.8 Å². The number of nitrogens with zero attached hydrogens (tertiary/aromatic N) is 2. The number of benzene rings is 1. The molecule has 6 heteroatoms. The topological polar surface area (TPSA) is 67.2 Å². The fourth-order valence-corrected chi connectivity index (χ4v) is 2.16. The summed E-state index contributed by atoms with van der Waals surface area (Å²) in [7, 11) is 1.74. The van der Waals surface area contributed by atoms with Crippen molar-refractivity contribution in [3.05, 3.63) is 52.3 Å². The van der Waals surface area contributed by atoms with E-state index < -0.39 is 0 Å². The number of nitrogens with one attached hydrogen (secondary N) is 1. The number of anilines is 1. The summed E-state index contributed by atoms with van der Waals surface area (Å²) >= 11 is 6.09. The molecule has 5 nitrogen and oxygen atoms in total. The second-order valence-corrected chi connectivity index (χ2v) is 4.95. The van der Waals surface area contributed by atoms with Crippen molar-refractivity contribution in [2.75, 3.05) is 5.32 Å². The quantitative estimate of drug-likeness (QED) is 0.853. The first kappa shape index (κ1) is 15.3. The van der Waals surface area contributed by atoms with E-state index in [0.29, 0.717) is 10.8 Å². The van der Waals surface area contributed by atoms with Gasteiger partial charge in [-0.15, -0.1) is 0 Å². The fraction of sp³-hybridized carbons (Fsp3) is 0.200. The van der Waals surface area contributed by atoms with Gasteiger partial charge in [0, 0.05) is 24.4 Å². The van der Waals surface area contributed by atoms with Crippen molar-refractivity contribution < 1.29 is 9.90 Å². The maximum absolute atomic E-state index is 11.9. The molecule has 2 N–H and O–H groups in total. The van der Waals surface area contributed by atoms with Gasteiger partial charge in [0.15, 0.2) is 0 Å². The summed E-state index contributed by atoms with van der Waals surface area (Å²) in [5.41, 5.74) is 2.85. The number of halogens is 1. The second-order valence-electron chi connectivity index (χ2n) is 4.59. The highest BCUT2D eigenvalue weighted by Gasteiger charge is 2.08. The van der Waals surface area contributed by atoms with Gasteiger partial charge < -0.3 is 10.4 Å². The van der Waals surface area contributed by atoms with Gasteiger partial charge in [-0.05, 0) is 30.7 Å². The number of amides is 1. The van der Waals surface area contributed by atoms with Crippen LogP contribution in [0.25, 0.3) is 6.08 Å². The van der Waals surface area contributed by atoms with Crippen molar-refractivity contribution in [1.82, 2.24) is 9.78 Å². The molecule has 0 fully saturated rings. The normalized spacial score (nSPS) is 11.0. The number of hydrogen-bond acceptors (Lipinski definition) is 3. The zero-order valence-corrected chi connectivity index (χ0v) is 12.6. The second kappa shape index (κ2) is 6.56. The van der Waals surface area contributed by atoms with Crippen molar-refractivity contribution in [2.24, 2.45) is 7.05 Å². The number of rotatable bonds is 4. The molecule has 1 aromatic carbocycles. The predicted octanol–water partition coefficient (Wildman–Crippen LogP) is 2.53. The first-order valence-corrected chi connectivity index (χ1v) is 6.77. The SMILES string of the molecule is Cc1nn(C)c(Cl)c1/C=C/C(=O)Nc1cccc(CO)c1. The van der Waals surface area contributed by atoms with Gasteiger partial charge in [-0.25, -0.2) is 0 Å². The molecule has 0 aliphatic rings. The van der Waals surface area contributed by atoms with Crippen LogP contribution in [0.5, 0.6) is 0 Å². The van der Waals surface area contributed by atoms with Crippen molar-refractivity contribution in [3.8, 4) is 0 Å². The van der Waals surface area contributed by atoms with E-state index in [1.165, 1.54) is 6.08 Å². The molecule has 0 atom stereocenters. The van der Waals surface area contributed by atoms with E-state index >= 15 is 0 Å². The monoisotopic (exact) mass is 305 g/mol. The molecule has 0 aliphatic heterocycles. The lowest BCUT2D eigenvalue weighted by molar-refractivity contribution is -0.111. The van der Waals surface area contributed by atoms with E-state index in [2.05, 4.69) is 10.4 Å². The van der Waals surface area contributed by atoms with Gasteiger partial charge in [-0.3, -0.25) is 9.48 Å². The van der Waals surface area contributed by atoms with Crippen molar-refractivity contribution in [3.63, 3.8) is 0 Å². The minimum Gasteiger partial charge on any atom is -0.392 e. The number of aliphatic hydroxyl groups excluding tert-OH is 1. The van der Waals surface area contributed by atoms with Crippen LogP contribution in [0.3, 0.4) is 0 Å². The third-order valence-corrected chi connectivity index (χ3v) is 3.42. The Morgan fingerprint density at radius 3 is 2.90 bits per heavy atom. The number of aromatic nitrogens is 2. The summed E-state index contributed by atoms with van der Waals surface area (Å²) in [6.07, 6.45) is 3.04. The number of aryl methyl sites for hydroxylation is 2. The molecular formula is C15H16ClN3O2. The Balaban J connectivity index is 2.09. The highest BCUT2D eigenvalue weighted by atomic mass is 35.5. The Bertz CT molecular complexity index is 692. The molecule has 0 aliphatic carbocycles. The van der Waals surface area contributed by atoms with Crippen molar-refractivity contribution in [2.45, 2.75) is 13.5 Å². The molecule has 1 heterocycles. The van der Waals surface area contributed by atoms with Crippen molar-refractivity contribution >= 4 is 29.3 Å². The maximum atomic E-state index is 11.9. The van der Waals surface area contributed by atoms with Crippen LogP contribution in [0.15, 0.2) is 30.3 Å². The summed E-state index contributed by atoms with van der Waals surface area (Å²) in [6.45, 7) is 1.76. The van der Waals surface area contributed by atoms with Crippen LogP contribution in [0, 0.1) is 6.92 Å². The Morgan fingerprint density at radius 1 is 1.52 bits per heavy atom. The molecule has 0 radical (unpaired) electrons. The Kier molecular flexibility index (Phi) is 4.77. The van der Waals surface area contributed by atoms with E-state index in [1.54, 1.807) is 42.1 Å². The molecule has 1 aromatic heterocycles. The van der Waals surface area contributed by atoms with E-state index in [1.807, 2.05) is 6.92 Å². The average molecular weight is 306 g/mol. The Morgan fingerprint density at radius 2 is 2.29 bits per heavy atom. The van der Waals surface area contributed by atoms with Crippen LogP contribution < -0.4 is 5.32 Å². The third kappa shape index (κ3) is 3.71. The highest BCUT2D eigenvalue weighted by molar-refractivity contribution is 6.31. The molecule has 0 spiro atoms. The lowest BCUT2D eigenvalue weighted by Gasteiger charge is -2.03. The predicted molar refractivity (Wildman–Crippen MR) is 83.0 cm³/mol. The Hall–Kier alpha value is -2.11. The minimum absolute atomic E-state index is 0.0654. The van der Waals surface area contributed by atoms with Gasteiger partial charge in [-0.1, -0.05) is 23.7 Å². The zero-order chi connectivity index (χ0) is 15.4. The third-order valence-electron chi connectivity index (χ3n) is 2.97. The number of carbonyl (C=O) groups excluding carboxylic acids is 1. The summed E-state index contributed by atoms with van der Waals surface area (Å²) in [5, 5.41) is 16.4. The molecule has 0 unspecified atom stereocenters. The molecule has 2 aromatic rings. The first-order valence-electron chi connectivity index (χ1n) is 6.39. The van der Waals surface area contributed by atoms with Crippen LogP contribution in [-0.2, 0) is 18.4 Å². The van der Waals surface area contributed by atoms with E-state index in [4.69, 9.17) is 16.7 Å². The summed E-state index contributed by atoms with van der Waals surface area (Å²) < 4.78 is 1.55. The van der Waals surface area contributed by atoms with Crippen LogP contribution in [0.4, 0.5) is 5.69 Å². The first-order chi connectivity index (χ1) is 10.0. The molecule has 2 rings (SSSR count). The molecule has 21 heavy (non-hydrogen) atoms. The van der Waals surface area contributed by atoms with E-state index in [-0.39, 0.29) is 12.5 Å². The zero-order valence-electron chi connectivity index (χ0n) is 11.8. The van der Waals surface area contributed by atoms with E-state index in [0.717, 1.165) is 16.8 Å². The van der Waals surface area contributed by atoms with Crippen molar-refractivity contribution in [1.29, 1.82) is 0 Å². The molecule has 0 saturated heterocycles. The fourth-order valence-electron chi connectivity index (χ4n) is 1.93. The molecule has 0 bridgehead atoms. The van der Waals surface area contributed by atoms with Gasteiger partial charge in [0.05, 0.1) is 12.3 Å². The number of carbonyl (C=O) groups is 1. The van der Waals surface area contributed by atoms with Gasteiger partial charge >= 0.3 is 0 Å². The average Bonchev–Trinajstić information content (AvgIpc) is 2.70. The number of aliphatic hydroxyl groups is 1. The Labute approximate surface area is 127 Å². The van der Waals surface area contributed by atoms with Crippen LogP contribution in [-0.4, -0.2) is 20.8 Å². The molecule has 1 amide bonds. The maximum Gasteiger partial charge on any atom is 0.248 e. The minimum atomic E-state index is -0.274. The van der Waals surface area contributed by atoms with Gasteiger partial charge in [0.25, 0.3) is 0 Å². The largest absolute Gasteiger partial charge is 0.392 e. The lowest BCUT2D eigenvalue weighted by atomic mass is 10.2. The van der Waals surface area contributed by atoms with Gasteiger partial charge in [0.1, 0.15) is 5.15 Å². The molecule has 0 saturated carbocycles. The standard InChI is InChI=1S/C15H16ClN3O2/c1-10-13(15(16)19(2)18-10)6-7-14(21)17-12-5-3-4-11(8-12)9-20/h3-8,20H,9H2,1-2H3,(H,17,21)/b7-6+. The smallest absolute Gasteiger partial charge is 0.248 e. The van der Waals surface area contributed by atoms with Gasteiger partial charge in [0.2, 0.25) is 5.91 Å².